The third-order valence-corrected chi connectivity index (χ3v) is 4.01. The average molecular weight is 295 g/mol. The van der Waals surface area contributed by atoms with Gasteiger partial charge in [-0.05, 0) is 18.9 Å². The van der Waals surface area contributed by atoms with Crippen molar-refractivity contribution in [1.29, 1.82) is 0 Å². The molecule has 0 aliphatic heterocycles. The first kappa shape index (κ1) is 14.7. The molecule has 0 radical (unpaired) electrons. The molecule has 0 fully saturated rings. The standard InChI is InChI=1S/C13H17N3O3S/c1-7(2)12(17)6-14-9-4-10-13(20-8(3)15-10)5-11(9)16(18)19/h4-5,7,12,14,17H,6H2,1-3H3. The lowest BCUT2D eigenvalue weighted by molar-refractivity contribution is -0.383. The molecule has 0 bridgehead atoms. The molecule has 2 rings (SSSR count). The van der Waals surface area contributed by atoms with Gasteiger partial charge in [-0.1, -0.05) is 13.8 Å². The van der Waals surface area contributed by atoms with Crippen LogP contribution in [0.1, 0.15) is 18.9 Å². The summed E-state index contributed by atoms with van der Waals surface area (Å²) in [6.45, 7) is 5.93. The minimum atomic E-state index is -0.553. The summed E-state index contributed by atoms with van der Waals surface area (Å²) in [5, 5.41) is 24.7. The first-order chi connectivity index (χ1) is 9.38. The Morgan fingerprint density at radius 3 is 2.80 bits per heavy atom. The molecule has 2 N–H and O–H groups in total. The molecule has 1 atom stereocenters. The fourth-order valence-electron chi connectivity index (χ4n) is 1.82. The van der Waals surface area contributed by atoms with Gasteiger partial charge in [-0.2, -0.15) is 0 Å². The van der Waals surface area contributed by atoms with Crippen molar-refractivity contribution in [3.8, 4) is 0 Å². The predicted octanol–water partition coefficient (Wildman–Crippen LogP) is 2.94. The SMILES string of the molecule is Cc1nc2cc(NCC(O)C(C)C)c([N+](=O)[O-])cc2s1. The van der Waals surface area contributed by atoms with Crippen LogP contribution < -0.4 is 5.32 Å². The van der Waals surface area contributed by atoms with Gasteiger partial charge in [-0.15, -0.1) is 11.3 Å². The Labute approximate surface area is 120 Å². The van der Waals surface area contributed by atoms with Crippen molar-refractivity contribution in [2.75, 3.05) is 11.9 Å². The van der Waals surface area contributed by atoms with E-state index in [1.165, 1.54) is 17.4 Å². The van der Waals surface area contributed by atoms with Crippen molar-refractivity contribution < 1.29 is 10.0 Å². The van der Waals surface area contributed by atoms with Gasteiger partial charge in [0.15, 0.2) is 0 Å². The maximum absolute atomic E-state index is 11.1. The number of aromatic nitrogens is 1. The summed E-state index contributed by atoms with van der Waals surface area (Å²) in [5.41, 5.74) is 1.14. The van der Waals surface area contributed by atoms with Crippen molar-refractivity contribution >= 4 is 32.9 Å². The van der Waals surface area contributed by atoms with Gasteiger partial charge < -0.3 is 10.4 Å². The number of aliphatic hydroxyl groups excluding tert-OH is 1. The Balaban J connectivity index is 2.34. The largest absolute Gasteiger partial charge is 0.391 e. The molecule has 2 aromatic rings. The van der Waals surface area contributed by atoms with Gasteiger partial charge in [-0.25, -0.2) is 4.98 Å². The number of aliphatic hydroxyl groups is 1. The van der Waals surface area contributed by atoms with Gasteiger partial charge in [0.05, 0.1) is 26.3 Å². The topological polar surface area (TPSA) is 88.3 Å². The molecular formula is C13H17N3O3S. The Morgan fingerprint density at radius 1 is 1.50 bits per heavy atom. The molecule has 1 unspecified atom stereocenters. The van der Waals surface area contributed by atoms with E-state index in [4.69, 9.17) is 0 Å². The van der Waals surface area contributed by atoms with Gasteiger partial charge >= 0.3 is 0 Å². The van der Waals surface area contributed by atoms with Crippen LogP contribution in [-0.2, 0) is 0 Å². The van der Waals surface area contributed by atoms with E-state index in [0.29, 0.717) is 5.69 Å². The number of nitrogens with zero attached hydrogens (tertiary/aromatic N) is 2. The number of rotatable bonds is 5. The Kier molecular flexibility index (Phi) is 4.20. The van der Waals surface area contributed by atoms with Crippen LogP contribution in [0.3, 0.4) is 0 Å². The van der Waals surface area contributed by atoms with Crippen LogP contribution in [0.2, 0.25) is 0 Å². The summed E-state index contributed by atoms with van der Waals surface area (Å²) in [6, 6.07) is 3.20. The maximum atomic E-state index is 11.1. The molecule has 0 aliphatic carbocycles. The predicted molar refractivity (Wildman–Crippen MR) is 80.3 cm³/mol. The zero-order valence-corrected chi connectivity index (χ0v) is 12.4. The quantitative estimate of drug-likeness (QED) is 0.654. The average Bonchev–Trinajstić information content (AvgIpc) is 2.73. The fourth-order valence-corrected chi connectivity index (χ4v) is 2.66. The normalized spacial score (nSPS) is 12.8. The number of thiazole rings is 1. The van der Waals surface area contributed by atoms with Crippen LogP contribution in [0.5, 0.6) is 0 Å². The van der Waals surface area contributed by atoms with E-state index in [1.54, 1.807) is 6.07 Å². The van der Waals surface area contributed by atoms with Crippen molar-refractivity contribution in [1.82, 2.24) is 4.98 Å². The molecule has 7 heteroatoms. The summed E-state index contributed by atoms with van der Waals surface area (Å²) in [7, 11) is 0. The number of nitrogens with one attached hydrogen (secondary N) is 1. The van der Waals surface area contributed by atoms with Crippen molar-refractivity contribution in [3.05, 3.63) is 27.3 Å². The number of hydrogen-bond acceptors (Lipinski definition) is 6. The third kappa shape index (κ3) is 3.05. The monoisotopic (exact) mass is 295 g/mol. The van der Waals surface area contributed by atoms with E-state index < -0.39 is 11.0 Å². The van der Waals surface area contributed by atoms with Crippen LogP contribution in [-0.4, -0.2) is 27.7 Å². The Morgan fingerprint density at radius 2 is 2.20 bits per heavy atom. The zero-order chi connectivity index (χ0) is 14.9. The van der Waals surface area contributed by atoms with E-state index in [1.807, 2.05) is 20.8 Å². The first-order valence-electron chi connectivity index (χ1n) is 6.36. The first-order valence-corrected chi connectivity index (χ1v) is 7.17. The van der Waals surface area contributed by atoms with E-state index in [-0.39, 0.29) is 18.2 Å². The van der Waals surface area contributed by atoms with Crippen molar-refractivity contribution in [3.63, 3.8) is 0 Å². The Hall–Kier alpha value is -1.73. The van der Waals surface area contributed by atoms with Gasteiger partial charge in [0.25, 0.3) is 5.69 Å². The summed E-state index contributed by atoms with van der Waals surface area (Å²) < 4.78 is 0.796. The number of anilines is 1. The lowest BCUT2D eigenvalue weighted by atomic mass is 10.1. The van der Waals surface area contributed by atoms with Gasteiger partial charge in [-0.3, -0.25) is 10.1 Å². The number of nitro benzene ring substituents is 1. The molecule has 20 heavy (non-hydrogen) atoms. The van der Waals surface area contributed by atoms with E-state index in [0.717, 1.165) is 15.2 Å². The molecule has 108 valence electrons. The highest BCUT2D eigenvalue weighted by molar-refractivity contribution is 7.18. The highest BCUT2D eigenvalue weighted by atomic mass is 32.1. The van der Waals surface area contributed by atoms with Crippen LogP contribution >= 0.6 is 11.3 Å². The maximum Gasteiger partial charge on any atom is 0.293 e. The summed E-state index contributed by atoms with van der Waals surface area (Å²) in [6.07, 6.45) is -0.553. The second kappa shape index (κ2) is 5.72. The second-order valence-corrected chi connectivity index (χ2v) is 6.25. The molecule has 0 saturated carbocycles. The molecular weight excluding hydrogens is 278 g/mol. The van der Waals surface area contributed by atoms with E-state index in [9.17, 15) is 15.2 Å². The molecule has 0 saturated heterocycles. The minimum absolute atomic E-state index is 0.0112. The molecule has 6 nitrogen and oxygen atoms in total. The van der Waals surface area contributed by atoms with E-state index in [2.05, 4.69) is 10.3 Å². The number of benzene rings is 1. The lowest BCUT2D eigenvalue weighted by Crippen LogP contribution is -2.25. The molecule has 0 spiro atoms. The fraction of sp³-hybridized carbons (Fsp3) is 0.462. The highest BCUT2D eigenvalue weighted by Crippen LogP contribution is 2.33. The molecule has 1 aromatic carbocycles. The number of nitro groups is 1. The van der Waals surface area contributed by atoms with Crippen LogP contribution in [0, 0.1) is 23.0 Å². The third-order valence-electron chi connectivity index (χ3n) is 3.08. The summed E-state index contributed by atoms with van der Waals surface area (Å²) >= 11 is 1.43. The highest BCUT2D eigenvalue weighted by Gasteiger charge is 2.18. The van der Waals surface area contributed by atoms with Crippen molar-refractivity contribution in [2.45, 2.75) is 26.9 Å². The number of hydrogen-bond donors (Lipinski definition) is 2. The van der Waals surface area contributed by atoms with E-state index >= 15 is 0 Å². The van der Waals surface area contributed by atoms with Gasteiger partial charge in [0.2, 0.25) is 0 Å². The smallest absolute Gasteiger partial charge is 0.293 e. The molecule has 1 aromatic heterocycles. The Bertz CT molecular complexity index is 639. The number of aryl methyl sites for hydroxylation is 1. The van der Waals surface area contributed by atoms with Crippen LogP contribution in [0.15, 0.2) is 12.1 Å². The van der Waals surface area contributed by atoms with Crippen molar-refractivity contribution in [2.24, 2.45) is 5.92 Å². The molecule has 0 aliphatic rings. The number of fused-ring (bicyclic) bond motifs is 1. The van der Waals surface area contributed by atoms with Gasteiger partial charge in [0.1, 0.15) is 5.69 Å². The molecule has 1 heterocycles. The molecule has 0 amide bonds. The summed E-state index contributed by atoms with van der Waals surface area (Å²) in [4.78, 5) is 15.0. The lowest BCUT2D eigenvalue weighted by Gasteiger charge is -2.15. The summed E-state index contributed by atoms with van der Waals surface area (Å²) in [5.74, 6) is 0.0896. The van der Waals surface area contributed by atoms with Crippen LogP contribution in [0.4, 0.5) is 11.4 Å². The zero-order valence-electron chi connectivity index (χ0n) is 11.6. The van der Waals surface area contributed by atoms with Crippen LogP contribution in [0.25, 0.3) is 10.2 Å². The minimum Gasteiger partial charge on any atom is -0.391 e. The second-order valence-electron chi connectivity index (χ2n) is 5.02. The van der Waals surface area contributed by atoms with Gasteiger partial charge in [0, 0.05) is 12.6 Å².